The van der Waals surface area contributed by atoms with Crippen LogP contribution in [0.2, 0.25) is 5.02 Å². The third kappa shape index (κ3) is 3.29. The van der Waals surface area contributed by atoms with Gasteiger partial charge in [0.05, 0.1) is 13.2 Å². The van der Waals surface area contributed by atoms with Crippen LogP contribution in [0, 0.1) is 0 Å². The van der Waals surface area contributed by atoms with Gasteiger partial charge in [-0.05, 0) is 6.07 Å². The van der Waals surface area contributed by atoms with Crippen molar-refractivity contribution in [2.24, 2.45) is 0 Å². The molecule has 1 aliphatic heterocycles. The van der Waals surface area contributed by atoms with Gasteiger partial charge in [0.1, 0.15) is 24.4 Å². The van der Waals surface area contributed by atoms with Crippen molar-refractivity contribution in [3.05, 3.63) is 34.9 Å². The fraction of sp³-hybridized carbons (Fsp3) is 0.538. The Bertz CT molecular complexity index is 443. The molecule has 20 heavy (non-hydrogen) atoms. The van der Waals surface area contributed by atoms with Crippen LogP contribution in [-0.2, 0) is 9.47 Å². The summed E-state index contributed by atoms with van der Waals surface area (Å²) in [5.41, 5.74) is 0.517. The predicted molar refractivity (Wildman–Crippen MR) is 70.1 cm³/mol. The van der Waals surface area contributed by atoms with Gasteiger partial charge in [-0.15, -0.1) is 0 Å². The van der Waals surface area contributed by atoms with Crippen LogP contribution < -0.4 is 0 Å². The molecular formula is C13H17ClO6. The molecule has 2 rings (SSSR count). The van der Waals surface area contributed by atoms with E-state index in [4.69, 9.17) is 21.1 Å². The van der Waals surface area contributed by atoms with Gasteiger partial charge in [0.15, 0.2) is 6.29 Å². The molecule has 5 atom stereocenters. The lowest BCUT2D eigenvalue weighted by atomic mass is 10.0. The van der Waals surface area contributed by atoms with Crippen LogP contribution in [0.25, 0.3) is 0 Å². The zero-order valence-corrected chi connectivity index (χ0v) is 11.3. The van der Waals surface area contributed by atoms with E-state index in [1.165, 1.54) is 0 Å². The molecule has 0 aromatic heterocycles. The summed E-state index contributed by atoms with van der Waals surface area (Å²) in [6.45, 7) is -0.762. The van der Waals surface area contributed by atoms with Crippen LogP contribution in [-0.4, -0.2) is 58.1 Å². The summed E-state index contributed by atoms with van der Waals surface area (Å²) >= 11 is 6.05. The minimum absolute atomic E-state index is 0.230. The van der Waals surface area contributed by atoms with Crippen molar-refractivity contribution in [1.29, 1.82) is 0 Å². The Hall–Kier alpha value is -0.730. The van der Waals surface area contributed by atoms with Crippen molar-refractivity contribution in [1.82, 2.24) is 0 Å². The molecule has 0 amide bonds. The summed E-state index contributed by atoms with van der Waals surface area (Å²) in [7, 11) is 0. The van der Waals surface area contributed by atoms with Crippen LogP contribution in [0.4, 0.5) is 0 Å². The Morgan fingerprint density at radius 2 is 1.85 bits per heavy atom. The van der Waals surface area contributed by atoms with Crippen molar-refractivity contribution in [2.45, 2.75) is 30.7 Å². The first-order valence-corrected chi connectivity index (χ1v) is 6.59. The minimum atomic E-state index is -1.46. The van der Waals surface area contributed by atoms with Crippen molar-refractivity contribution >= 4 is 11.6 Å². The van der Waals surface area contributed by atoms with Gasteiger partial charge in [-0.25, -0.2) is 0 Å². The third-order valence-electron chi connectivity index (χ3n) is 3.18. The molecule has 1 heterocycles. The quantitative estimate of drug-likeness (QED) is 0.605. The fourth-order valence-electron chi connectivity index (χ4n) is 1.99. The maximum atomic E-state index is 9.86. The van der Waals surface area contributed by atoms with E-state index < -0.39 is 37.3 Å². The lowest BCUT2D eigenvalue weighted by Crippen LogP contribution is -2.51. The van der Waals surface area contributed by atoms with E-state index in [0.29, 0.717) is 10.6 Å². The van der Waals surface area contributed by atoms with Crippen LogP contribution in [0.1, 0.15) is 11.9 Å². The number of rotatable bonds is 2. The highest BCUT2D eigenvalue weighted by Crippen LogP contribution is 2.30. The molecule has 0 aliphatic carbocycles. The van der Waals surface area contributed by atoms with Crippen LogP contribution in [0.5, 0.6) is 0 Å². The van der Waals surface area contributed by atoms with Gasteiger partial charge < -0.3 is 29.9 Å². The smallest absolute Gasteiger partial charge is 0.185 e. The molecule has 7 heteroatoms. The van der Waals surface area contributed by atoms with Crippen molar-refractivity contribution in [2.75, 3.05) is 13.2 Å². The van der Waals surface area contributed by atoms with Gasteiger partial charge in [0.2, 0.25) is 0 Å². The zero-order chi connectivity index (χ0) is 14.7. The molecule has 0 bridgehead atoms. The lowest BCUT2D eigenvalue weighted by molar-refractivity contribution is -0.256. The third-order valence-corrected chi connectivity index (χ3v) is 3.53. The second-order valence-corrected chi connectivity index (χ2v) is 5.00. The van der Waals surface area contributed by atoms with Gasteiger partial charge in [0, 0.05) is 10.6 Å². The van der Waals surface area contributed by atoms with Gasteiger partial charge in [-0.1, -0.05) is 29.8 Å². The number of hydrogen-bond donors (Lipinski definition) is 4. The number of aliphatic hydroxyl groups excluding tert-OH is 4. The molecule has 1 aromatic rings. The van der Waals surface area contributed by atoms with Crippen molar-refractivity contribution in [3.8, 4) is 0 Å². The minimum Gasteiger partial charge on any atom is -0.394 e. The van der Waals surface area contributed by atoms with Gasteiger partial charge in [0.25, 0.3) is 0 Å². The highest BCUT2D eigenvalue weighted by atomic mass is 35.5. The molecule has 0 radical (unpaired) electrons. The van der Waals surface area contributed by atoms with E-state index in [-0.39, 0.29) is 6.61 Å². The van der Waals surface area contributed by atoms with E-state index in [9.17, 15) is 20.4 Å². The van der Waals surface area contributed by atoms with E-state index >= 15 is 0 Å². The monoisotopic (exact) mass is 304 g/mol. The molecule has 1 unspecified atom stereocenters. The first-order chi connectivity index (χ1) is 9.54. The molecule has 1 aliphatic rings. The van der Waals surface area contributed by atoms with Crippen LogP contribution in [0.3, 0.4) is 0 Å². The molecule has 6 nitrogen and oxygen atoms in total. The van der Waals surface area contributed by atoms with Gasteiger partial charge >= 0.3 is 0 Å². The summed E-state index contributed by atoms with van der Waals surface area (Å²) < 4.78 is 10.8. The summed E-state index contributed by atoms with van der Waals surface area (Å²) in [5, 5.41) is 38.9. The van der Waals surface area contributed by atoms with Gasteiger partial charge in [-0.3, -0.25) is 0 Å². The molecule has 0 saturated carbocycles. The van der Waals surface area contributed by atoms with Crippen LogP contribution in [0.15, 0.2) is 24.3 Å². The Kier molecular flexibility index (Phi) is 5.34. The molecule has 1 aromatic carbocycles. The molecular weight excluding hydrogens is 288 g/mol. The normalized spacial score (nSPS) is 35.4. The zero-order valence-electron chi connectivity index (χ0n) is 10.6. The average Bonchev–Trinajstić information content (AvgIpc) is 2.46. The Labute approximate surface area is 121 Å². The van der Waals surface area contributed by atoms with Gasteiger partial charge in [-0.2, -0.15) is 0 Å². The van der Waals surface area contributed by atoms with E-state index in [1.807, 2.05) is 0 Å². The SMILES string of the molecule is OC[C@H]1OC(c2ccccc2Cl)OC[C@H](O)[C@H](O)[C@H]1O. The topological polar surface area (TPSA) is 99.4 Å². The fourth-order valence-corrected chi connectivity index (χ4v) is 2.22. The summed E-state index contributed by atoms with van der Waals surface area (Å²) in [5.74, 6) is 0. The highest BCUT2D eigenvalue weighted by Gasteiger charge is 2.37. The summed E-state index contributed by atoms with van der Waals surface area (Å²) in [6.07, 6.45) is -6.21. The van der Waals surface area contributed by atoms with Crippen molar-refractivity contribution < 1.29 is 29.9 Å². The summed E-state index contributed by atoms with van der Waals surface area (Å²) in [4.78, 5) is 0. The maximum Gasteiger partial charge on any atom is 0.185 e. The molecule has 4 N–H and O–H groups in total. The van der Waals surface area contributed by atoms with E-state index in [2.05, 4.69) is 0 Å². The Morgan fingerprint density at radius 1 is 1.15 bits per heavy atom. The molecule has 112 valence electrons. The standard InChI is InChI=1S/C13H17ClO6/c14-8-4-2-1-3-7(8)13-19-6-9(16)11(17)12(18)10(5-15)20-13/h1-4,9-13,15-18H,5-6H2/t9-,10+,11-,12-,13?/m0/s1. The lowest BCUT2D eigenvalue weighted by Gasteiger charge is -2.35. The highest BCUT2D eigenvalue weighted by molar-refractivity contribution is 6.31. The molecule has 1 saturated heterocycles. The first kappa shape index (κ1) is 15.7. The molecule has 1 fully saturated rings. The largest absolute Gasteiger partial charge is 0.394 e. The number of halogens is 1. The maximum absolute atomic E-state index is 9.86. The Balaban J connectivity index is 2.24. The number of ether oxygens (including phenoxy) is 2. The second kappa shape index (κ2) is 6.82. The number of aliphatic hydroxyl groups is 4. The summed E-state index contributed by atoms with van der Waals surface area (Å²) in [6, 6.07) is 6.81. The Morgan fingerprint density at radius 3 is 2.50 bits per heavy atom. The second-order valence-electron chi connectivity index (χ2n) is 4.59. The average molecular weight is 305 g/mol. The van der Waals surface area contributed by atoms with E-state index in [1.54, 1.807) is 24.3 Å². The van der Waals surface area contributed by atoms with E-state index in [0.717, 1.165) is 0 Å². The molecule has 0 spiro atoms. The van der Waals surface area contributed by atoms with Crippen molar-refractivity contribution in [3.63, 3.8) is 0 Å². The first-order valence-electron chi connectivity index (χ1n) is 6.21. The number of hydrogen-bond acceptors (Lipinski definition) is 6. The van der Waals surface area contributed by atoms with Crippen LogP contribution >= 0.6 is 11.6 Å². The number of benzene rings is 1. The predicted octanol–water partition coefficient (Wildman–Crippen LogP) is -0.171.